The summed E-state index contributed by atoms with van der Waals surface area (Å²) in [5.41, 5.74) is 1.15. The van der Waals surface area contributed by atoms with Gasteiger partial charge in [-0.25, -0.2) is 0 Å². The Bertz CT molecular complexity index is 960. The van der Waals surface area contributed by atoms with E-state index in [2.05, 4.69) is 31.9 Å². The third kappa shape index (κ3) is 8.28. The maximum atomic E-state index is 12.5. The first-order valence-corrected chi connectivity index (χ1v) is 10.8. The fourth-order valence-corrected chi connectivity index (χ4v) is 3.19. The highest BCUT2D eigenvalue weighted by Gasteiger charge is 2.16. The first-order valence-electron chi connectivity index (χ1n) is 9.55. The molecule has 0 aliphatic heterocycles. The van der Waals surface area contributed by atoms with E-state index in [0.29, 0.717) is 40.3 Å². The number of ether oxygens (including phenoxy) is 2. The summed E-state index contributed by atoms with van der Waals surface area (Å²) in [4.78, 5) is 24.9. The predicted octanol–water partition coefficient (Wildman–Crippen LogP) is 4.13. The predicted molar refractivity (Wildman–Crippen MR) is 129 cm³/mol. The fraction of sp³-hybridized carbons (Fsp3) is 0.318. The SMILES string of the molecule is COCCOc1ccc(C(=O)NC(=S)Nc2cccc(C(=O)NC(C)(C)C)c2)cc1Br. The van der Waals surface area contributed by atoms with E-state index in [0.717, 1.165) is 0 Å². The average Bonchev–Trinajstić information content (AvgIpc) is 2.68. The zero-order valence-electron chi connectivity index (χ0n) is 17.9. The van der Waals surface area contributed by atoms with Gasteiger partial charge in [-0.3, -0.25) is 14.9 Å². The van der Waals surface area contributed by atoms with Crippen LogP contribution >= 0.6 is 28.1 Å². The minimum atomic E-state index is -0.372. The van der Waals surface area contributed by atoms with Crippen LogP contribution in [0.2, 0.25) is 0 Å². The Balaban J connectivity index is 1.98. The fourth-order valence-electron chi connectivity index (χ4n) is 2.48. The third-order valence-electron chi connectivity index (χ3n) is 3.84. The van der Waals surface area contributed by atoms with Gasteiger partial charge in [-0.05, 0) is 85.3 Å². The molecule has 2 rings (SSSR count). The summed E-state index contributed by atoms with van der Waals surface area (Å²) in [5.74, 6) is 0.0479. The summed E-state index contributed by atoms with van der Waals surface area (Å²) in [6.45, 7) is 6.60. The number of carbonyl (C=O) groups excluding carboxylic acids is 2. The number of amides is 2. The van der Waals surface area contributed by atoms with Crippen LogP contribution < -0.4 is 20.7 Å². The van der Waals surface area contributed by atoms with Gasteiger partial charge < -0.3 is 20.1 Å². The van der Waals surface area contributed by atoms with E-state index >= 15 is 0 Å². The van der Waals surface area contributed by atoms with E-state index in [4.69, 9.17) is 21.7 Å². The average molecular weight is 508 g/mol. The molecule has 31 heavy (non-hydrogen) atoms. The molecular weight excluding hydrogens is 482 g/mol. The number of carbonyl (C=O) groups is 2. The number of nitrogens with one attached hydrogen (secondary N) is 3. The van der Waals surface area contributed by atoms with Crippen molar-refractivity contribution in [1.82, 2.24) is 10.6 Å². The number of halogens is 1. The van der Waals surface area contributed by atoms with E-state index < -0.39 is 0 Å². The molecule has 7 nitrogen and oxygen atoms in total. The van der Waals surface area contributed by atoms with Crippen LogP contribution in [0.15, 0.2) is 46.9 Å². The monoisotopic (exact) mass is 507 g/mol. The summed E-state index contributed by atoms with van der Waals surface area (Å²) in [5, 5.41) is 8.58. The lowest BCUT2D eigenvalue weighted by Crippen LogP contribution is -2.40. The molecule has 0 radical (unpaired) electrons. The quantitative estimate of drug-likeness (QED) is 0.385. The zero-order valence-corrected chi connectivity index (χ0v) is 20.3. The van der Waals surface area contributed by atoms with Crippen molar-refractivity contribution in [2.75, 3.05) is 25.6 Å². The van der Waals surface area contributed by atoms with Crippen LogP contribution in [0.3, 0.4) is 0 Å². The van der Waals surface area contributed by atoms with Crippen LogP contribution in [0.5, 0.6) is 5.75 Å². The van der Waals surface area contributed by atoms with Crippen molar-refractivity contribution in [2.24, 2.45) is 0 Å². The third-order valence-corrected chi connectivity index (χ3v) is 4.66. The van der Waals surface area contributed by atoms with Crippen molar-refractivity contribution in [1.29, 1.82) is 0 Å². The largest absolute Gasteiger partial charge is 0.490 e. The van der Waals surface area contributed by atoms with Crippen molar-refractivity contribution in [3.8, 4) is 5.75 Å². The number of hydrogen-bond acceptors (Lipinski definition) is 5. The molecule has 166 valence electrons. The lowest BCUT2D eigenvalue weighted by atomic mass is 10.1. The number of anilines is 1. The van der Waals surface area contributed by atoms with Crippen molar-refractivity contribution in [2.45, 2.75) is 26.3 Å². The summed E-state index contributed by atoms with van der Waals surface area (Å²) >= 11 is 8.64. The molecule has 0 bridgehead atoms. The summed E-state index contributed by atoms with van der Waals surface area (Å²) in [6.07, 6.45) is 0. The summed E-state index contributed by atoms with van der Waals surface area (Å²) in [7, 11) is 1.60. The van der Waals surface area contributed by atoms with Crippen LogP contribution in [0.25, 0.3) is 0 Å². The summed E-state index contributed by atoms with van der Waals surface area (Å²) in [6, 6.07) is 11.9. The van der Waals surface area contributed by atoms with Gasteiger partial charge in [-0.1, -0.05) is 6.07 Å². The minimum Gasteiger partial charge on any atom is -0.490 e. The number of thiocarbonyl (C=S) groups is 1. The Morgan fingerprint density at radius 2 is 1.74 bits per heavy atom. The van der Waals surface area contributed by atoms with E-state index in [1.54, 1.807) is 49.6 Å². The van der Waals surface area contributed by atoms with Crippen LogP contribution in [-0.4, -0.2) is 42.8 Å². The number of hydrogen-bond donors (Lipinski definition) is 3. The molecule has 2 amide bonds. The van der Waals surface area contributed by atoms with Crippen molar-refractivity contribution in [3.63, 3.8) is 0 Å². The Hall–Kier alpha value is -2.49. The molecule has 0 aliphatic carbocycles. The van der Waals surface area contributed by atoms with Crippen LogP contribution in [0.4, 0.5) is 5.69 Å². The van der Waals surface area contributed by atoms with Gasteiger partial charge in [0, 0.05) is 29.5 Å². The normalized spacial score (nSPS) is 10.9. The van der Waals surface area contributed by atoms with Gasteiger partial charge in [0.2, 0.25) is 0 Å². The smallest absolute Gasteiger partial charge is 0.257 e. The highest BCUT2D eigenvalue weighted by Crippen LogP contribution is 2.26. The Morgan fingerprint density at radius 1 is 1.03 bits per heavy atom. The minimum absolute atomic E-state index is 0.120. The molecule has 2 aromatic rings. The second-order valence-corrected chi connectivity index (χ2v) is 8.94. The Kier molecular flexibility index (Phi) is 8.97. The topological polar surface area (TPSA) is 88.7 Å². The van der Waals surface area contributed by atoms with Gasteiger partial charge in [0.05, 0.1) is 11.1 Å². The maximum Gasteiger partial charge on any atom is 0.257 e. The van der Waals surface area contributed by atoms with E-state index in [1.165, 1.54) is 0 Å². The molecule has 0 heterocycles. The van der Waals surface area contributed by atoms with Gasteiger partial charge in [-0.15, -0.1) is 0 Å². The first kappa shape index (κ1) is 24.8. The second kappa shape index (κ2) is 11.2. The number of benzene rings is 2. The first-order chi connectivity index (χ1) is 14.6. The van der Waals surface area contributed by atoms with Gasteiger partial charge in [0.25, 0.3) is 11.8 Å². The molecule has 0 fully saturated rings. The van der Waals surface area contributed by atoms with Gasteiger partial charge in [0.15, 0.2) is 5.11 Å². The molecule has 0 saturated carbocycles. The highest BCUT2D eigenvalue weighted by atomic mass is 79.9. The molecule has 9 heteroatoms. The lowest BCUT2D eigenvalue weighted by Gasteiger charge is -2.20. The molecule has 0 atom stereocenters. The van der Waals surface area contributed by atoms with Gasteiger partial charge >= 0.3 is 0 Å². The Labute approximate surface area is 196 Å². The number of rotatable bonds is 7. The van der Waals surface area contributed by atoms with Crippen molar-refractivity contribution in [3.05, 3.63) is 58.1 Å². The summed E-state index contributed by atoms with van der Waals surface area (Å²) < 4.78 is 11.2. The second-order valence-electron chi connectivity index (χ2n) is 7.68. The molecule has 3 N–H and O–H groups in total. The van der Waals surface area contributed by atoms with Gasteiger partial charge in [-0.2, -0.15) is 0 Å². The van der Waals surface area contributed by atoms with Crippen LogP contribution in [-0.2, 0) is 4.74 Å². The van der Waals surface area contributed by atoms with Crippen LogP contribution in [0, 0.1) is 0 Å². The van der Waals surface area contributed by atoms with E-state index in [9.17, 15) is 9.59 Å². The maximum absolute atomic E-state index is 12.5. The zero-order chi connectivity index (χ0) is 23.0. The van der Waals surface area contributed by atoms with Gasteiger partial charge in [0.1, 0.15) is 12.4 Å². The van der Waals surface area contributed by atoms with Crippen molar-refractivity contribution >= 4 is 50.8 Å². The van der Waals surface area contributed by atoms with E-state index in [1.807, 2.05) is 20.8 Å². The number of methoxy groups -OCH3 is 1. The molecule has 0 spiro atoms. The molecule has 0 unspecified atom stereocenters. The lowest BCUT2D eigenvalue weighted by molar-refractivity contribution is 0.0918. The van der Waals surface area contributed by atoms with E-state index in [-0.39, 0.29) is 22.5 Å². The molecule has 0 aromatic heterocycles. The molecule has 0 aliphatic rings. The highest BCUT2D eigenvalue weighted by molar-refractivity contribution is 9.10. The molecule has 2 aromatic carbocycles. The van der Waals surface area contributed by atoms with Crippen molar-refractivity contribution < 1.29 is 19.1 Å². The molecule has 0 saturated heterocycles. The van der Waals surface area contributed by atoms with Crippen LogP contribution in [0.1, 0.15) is 41.5 Å². The Morgan fingerprint density at radius 3 is 2.39 bits per heavy atom. The standard InChI is InChI=1S/C22H26BrN3O4S/c1-22(2,3)26-20(28)14-6-5-7-16(12-14)24-21(31)25-19(27)15-8-9-18(17(23)13-15)30-11-10-29-4/h5-9,12-13H,10-11H2,1-4H3,(H,26,28)(H2,24,25,27,31). The molecular formula is C22H26BrN3O4S.